The number of esters is 2. The predicted molar refractivity (Wildman–Crippen MR) is 177 cm³/mol. The normalized spacial score (nSPS) is 33.7. The summed E-state index contributed by atoms with van der Waals surface area (Å²) in [5.41, 5.74) is 15.5. The van der Waals surface area contributed by atoms with Gasteiger partial charge in [-0.15, -0.1) is 0 Å². The fourth-order valence-electron chi connectivity index (χ4n) is 10.1. The molecule has 1 aromatic carbocycles. The molecule has 0 bridgehead atoms. The van der Waals surface area contributed by atoms with E-state index in [-0.39, 0.29) is 18.1 Å². The predicted octanol–water partition coefficient (Wildman–Crippen LogP) is 8.40. The van der Waals surface area contributed by atoms with Crippen LogP contribution in [0.15, 0.2) is 42.0 Å². The Balaban J connectivity index is 1.14. The molecule has 1 aromatic rings. The van der Waals surface area contributed by atoms with Crippen LogP contribution in [0.2, 0.25) is 0 Å². The molecule has 0 heterocycles. The standard InChI is InChI=1S/C38H56N2O4/c1-24(2)7-6-8-25(3)32-11-12-33-31-10-9-27-21-30(15-17-37(27,4)34(31)16-18-38(32,33)5)44-36(42)14-13-35(41)43-23-26-19-28(39)22-29(40)20-26/h9,13-14,19-20,22,24-25,30-34H,6-8,10-12,15-18,21,23,39-40H2,1-5H3. The highest BCUT2D eigenvalue weighted by atomic mass is 16.5. The zero-order chi connectivity index (χ0) is 31.6. The van der Waals surface area contributed by atoms with E-state index in [0.29, 0.717) is 22.4 Å². The van der Waals surface area contributed by atoms with Gasteiger partial charge in [0.2, 0.25) is 0 Å². The summed E-state index contributed by atoms with van der Waals surface area (Å²) in [5.74, 6) is 3.76. The van der Waals surface area contributed by atoms with Crippen LogP contribution >= 0.6 is 0 Å². The van der Waals surface area contributed by atoms with Crippen LogP contribution in [0.3, 0.4) is 0 Å². The molecule has 3 saturated carbocycles. The minimum atomic E-state index is -0.608. The van der Waals surface area contributed by atoms with Gasteiger partial charge in [-0.2, -0.15) is 0 Å². The first-order valence-corrected chi connectivity index (χ1v) is 17.3. The van der Waals surface area contributed by atoms with Crippen molar-refractivity contribution in [3.8, 4) is 0 Å². The van der Waals surface area contributed by atoms with Gasteiger partial charge in [0.15, 0.2) is 0 Å². The Bertz CT molecular complexity index is 1250. The highest BCUT2D eigenvalue weighted by molar-refractivity contribution is 5.91. The highest BCUT2D eigenvalue weighted by Crippen LogP contribution is 2.67. The van der Waals surface area contributed by atoms with Crippen molar-refractivity contribution in [3.05, 3.63) is 47.6 Å². The Morgan fingerprint density at radius 3 is 2.39 bits per heavy atom. The number of carbonyl (C=O) groups is 2. The number of fused-ring (bicyclic) bond motifs is 5. The van der Waals surface area contributed by atoms with Crippen molar-refractivity contribution in [2.75, 3.05) is 11.5 Å². The van der Waals surface area contributed by atoms with Gasteiger partial charge in [0.1, 0.15) is 12.7 Å². The van der Waals surface area contributed by atoms with Crippen LogP contribution in [0, 0.1) is 46.3 Å². The third kappa shape index (κ3) is 6.89. The monoisotopic (exact) mass is 604 g/mol. The molecule has 5 rings (SSSR count). The summed E-state index contributed by atoms with van der Waals surface area (Å²) in [5, 5.41) is 0. The van der Waals surface area contributed by atoms with Crippen molar-refractivity contribution in [2.45, 2.75) is 118 Å². The second kappa shape index (κ2) is 13.3. The topological polar surface area (TPSA) is 105 Å². The number of benzene rings is 1. The van der Waals surface area contributed by atoms with Crippen LogP contribution in [-0.4, -0.2) is 18.0 Å². The molecule has 8 unspecified atom stereocenters. The number of rotatable bonds is 10. The fraction of sp³-hybridized carbons (Fsp3) is 0.684. The SMILES string of the molecule is CC(C)CCCC(C)C1CCC2C3CC=C4CC(OC(=O)C=CC(=O)OCc5cc(N)cc(N)c5)CCC4(C)C3CCC12C. The molecule has 6 heteroatoms. The minimum Gasteiger partial charge on any atom is -0.459 e. The van der Waals surface area contributed by atoms with E-state index < -0.39 is 11.9 Å². The zero-order valence-corrected chi connectivity index (χ0v) is 27.8. The molecular weight excluding hydrogens is 548 g/mol. The van der Waals surface area contributed by atoms with Crippen molar-refractivity contribution >= 4 is 23.3 Å². The van der Waals surface area contributed by atoms with Crippen molar-refractivity contribution in [1.29, 1.82) is 0 Å². The summed E-state index contributed by atoms with van der Waals surface area (Å²) >= 11 is 0. The molecule has 6 nitrogen and oxygen atoms in total. The van der Waals surface area contributed by atoms with E-state index in [1.165, 1.54) is 63.0 Å². The van der Waals surface area contributed by atoms with E-state index in [1.54, 1.807) is 18.2 Å². The fourth-order valence-corrected chi connectivity index (χ4v) is 10.1. The van der Waals surface area contributed by atoms with Crippen molar-refractivity contribution in [2.24, 2.45) is 46.3 Å². The maximum Gasteiger partial charge on any atom is 0.331 e. The minimum absolute atomic E-state index is 0.0307. The highest BCUT2D eigenvalue weighted by Gasteiger charge is 2.59. The van der Waals surface area contributed by atoms with E-state index in [9.17, 15) is 9.59 Å². The molecule has 0 amide bonds. The van der Waals surface area contributed by atoms with E-state index in [0.717, 1.165) is 60.8 Å². The van der Waals surface area contributed by atoms with E-state index >= 15 is 0 Å². The number of carbonyl (C=O) groups excluding carboxylic acids is 2. The lowest BCUT2D eigenvalue weighted by Gasteiger charge is -2.58. The van der Waals surface area contributed by atoms with Gasteiger partial charge >= 0.3 is 11.9 Å². The summed E-state index contributed by atoms with van der Waals surface area (Å²) < 4.78 is 11.1. The van der Waals surface area contributed by atoms with Crippen LogP contribution in [-0.2, 0) is 25.7 Å². The van der Waals surface area contributed by atoms with Crippen molar-refractivity contribution in [3.63, 3.8) is 0 Å². The van der Waals surface area contributed by atoms with E-state index in [2.05, 4.69) is 40.7 Å². The number of nitrogen functional groups attached to an aromatic ring is 2. The third-order valence-electron chi connectivity index (χ3n) is 12.3. The number of anilines is 2. The van der Waals surface area contributed by atoms with E-state index in [1.807, 2.05) is 0 Å². The summed E-state index contributed by atoms with van der Waals surface area (Å²) in [6.45, 7) is 12.4. The number of nitrogens with two attached hydrogens (primary N) is 2. The van der Waals surface area contributed by atoms with Gasteiger partial charge in [0.25, 0.3) is 0 Å². The first kappa shape index (κ1) is 32.6. The van der Waals surface area contributed by atoms with Crippen molar-refractivity contribution < 1.29 is 19.1 Å². The molecule has 4 aliphatic rings. The maximum absolute atomic E-state index is 12.6. The van der Waals surface area contributed by atoms with Crippen LogP contribution < -0.4 is 11.5 Å². The lowest BCUT2D eigenvalue weighted by molar-refractivity contribution is -0.146. The first-order chi connectivity index (χ1) is 20.9. The summed E-state index contributed by atoms with van der Waals surface area (Å²) in [6.07, 6.45) is 18.2. The molecular formula is C38H56N2O4. The molecule has 0 aromatic heterocycles. The molecule has 3 fully saturated rings. The van der Waals surface area contributed by atoms with Gasteiger partial charge in [-0.25, -0.2) is 9.59 Å². The van der Waals surface area contributed by atoms with Gasteiger partial charge in [-0.05, 0) is 115 Å². The summed E-state index contributed by atoms with van der Waals surface area (Å²) in [6, 6.07) is 5.05. The molecule has 0 spiro atoms. The number of ether oxygens (including phenoxy) is 2. The summed E-state index contributed by atoms with van der Waals surface area (Å²) in [7, 11) is 0. The van der Waals surface area contributed by atoms with Gasteiger partial charge < -0.3 is 20.9 Å². The summed E-state index contributed by atoms with van der Waals surface area (Å²) in [4.78, 5) is 24.8. The Morgan fingerprint density at radius 2 is 1.66 bits per heavy atom. The molecule has 0 saturated heterocycles. The molecule has 8 atom stereocenters. The average molecular weight is 605 g/mol. The van der Waals surface area contributed by atoms with Crippen LogP contribution in [0.1, 0.15) is 111 Å². The van der Waals surface area contributed by atoms with Crippen LogP contribution in [0.4, 0.5) is 11.4 Å². The zero-order valence-electron chi connectivity index (χ0n) is 27.8. The molecule has 242 valence electrons. The molecule has 0 radical (unpaired) electrons. The quantitative estimate of drug-likeness (QED) is 0.120. The Kier molecular flexibility index (Phi) is 9.87. The Hall–Kier alpha value is -2.76. The smallest absolute Gasteiger partial charge is 0.331 e. The largest absolute Gasteiger partial charge is 0.459 e. The lowest BCUT2D eigenvalue weighted by atomic mass is 9.47. The number of allylic oxidation sites excluding steroid dienone is 1. The van der Waals surface area contributed by atoms with E-state index in [4.69, 9.17) is 20.9 Å². The second-order valence-corrected chi connectivity index (χ2v) is 15.5. The molecule has 4 N–H and O–H groups in total. The second-order valence-electron chi connectivity index (χ2n) is 15.5. The molecule has 44 heavy (non-hydrogen) atoms. The van der Waals surface area contributed by atoms with Gasteiger partial charge in [-0.1, -0.05) is 65.5 Å². The van der Waals surface area contributed by atoms with Crippen LogP contribution in [0.5, 0.6) is 0 Å². The maximum atomic E-state index is 12.6. The number of hydrogen-bond acceptors (Lipinski definition) is 6. The average Bonchev–Trinajstić information content (AvgIpc) is 3.32. The van der Waals surface area contributed by atoms with Gasteiger partial charge in [0, 0.05) is 29.9 Å². The first-order valence-electron chi connectivity index (χ1n) is 17.3. The number of hydrogen-bond donors (Lipinski definition) is 2. The van der Waals surface area contributed by atoms with Gasteiger partial charge in [-0.3, -0.25) is 0 Å². The molecule has 0 aliphatic heterocycles. The Morgan fingerprint density at radius 1 is 0.932 bits per heavy atom. The van der Waals surface area contributed by atoms with Gasteiger partial charge in [0.05, 0.1) is 0 Å². The third-order valence-corrected chi connectivity index (χ3v) is 12.3. The molecule has 4 aliphatic carbocycles. The lowest BCUT2D eigenvalue weighted by Crippen LogP contribution is -2.51. The van der Waals surface area contributed by atoms with Crippen LogP contribution in [0.25, 0.3) is 0 Å². The van der Waals surface area contributed by atoms with Crippen molar-refractivity contribution in [1.82, 2.24) is 0 Å². The Labute approximate surface area is 265 Å².